The van der Waals surface area contributed by atoms with E-state index in [4.69, 9.17) is 4.74 Å². The summed E-state index contributed by atoms with van der Waals surface area (Å²) in [6.45, 7) is 8.57. The van der Waals surface area contributed by atoms with Gasteiger partial charge in [-0.3, -0.25) is 4.98 Å². The molecule has 2 saturated heterocycles. The summed E-state index contributed by atoms with van der Waals surface area (Å²) in [5, 5.41) is 0. The van der Waals surface area contributed by atoms with E-state index in [1.807, 2.05) is 12.4 Å². The maximum Gasteiger partial charge on any atom is 0.0579 e. The smallest absolute Gasteiger partial charge is 0.0579 e. The molecule has 16 heavy (non-hydrogen) atoms. The Bertz CT molecular complexity index is 391. The van der Waals surface area contributed by atoms with Gasteiger partial charge in [-0.25, -0.2) is 0 Å². The van der Waals surface area contributed by atoms with E-state index >= 15 is 0 Å². The Morgan fingerprint density at radius 1 is 1.31 bits per heavy atom. The van der Waals surface area contributed by atoms with Crippen molar-refractivity contribution in [2.45, 2.75) is 19.8 Å². The van der Waals surface area contributed by atoms with Gasteiger partial charge >= 0.3 is 0 Å². The van der Waals surface area contributed by atoms with Gasteiger partial charge in [0.15, 0.2) is 0 Å². The lowest BCUT2D eigenvalue weighted by Gasteiger charge is -2.55. The highest BCUT2D eigenvalue weighted by Crippen LogP contribution is 2.40. The van der Waals surface area contributed by atoms with Crippen LogP contribution in [0.4, 0.5) is 5.69 Å². The first kappa shape index (κ1) is 10.1. The normalized spacial score (nSPS) is 22.1. The van der Waals surface area contributed by atoms with Crippen molar-refractivity contribution in [1.82, 2.24) is 4.98 Å². The van der Waals surface area contributed by atoms with Gasteiger partial charge in [0.25, 0.3) is 0 Å². The van der Waals surface area contributed by atoms with Crippen LogP contribution in [0.1, 0.15) is 25.3 Å². The average molecular weight is 218 g/mol. The van der Waals surface area contributed by atoms with Crippen molar-refractivity contribution in [1.29, 1.82) is 0 Å². The van der Waals surface area contributed by atoms with E-state index in [0.29, 0.717) is 11.3 Å². The fourth-order valence-electron chi connectivity index (χ4n) is 2.45. The number of rotatable bonds is 2. The number of anilines is 1. The maximum atomic E-state index is 5.28. The molecule has 0 N–H and O–H groups in total. The molecule has 1 spiro atoms. The Kier molecular flexibility index (Phi) is 2.18. The van der Waals surface area contributed by atoms with E-state index in [-0.39, 0.29) is 0 Å². The molecule has 0 amide bonds. The molecule has 3 heteroatoms. The summed E-state index contributed by atoms with van der Waals surface area (Å²) in [6.07, 6.45) is 3.94. The SMILES string of the molecule is CC(C)c1cncc(N2CC3(COC3)C2)c1. The van der Waals surface area contributed by atoms with Crippen LogP contribution in [0.3, 0.4) is 0 Å². The molecule has 1 aromatic heterocycles. The molecule has 0 unspecified atom stereocenters. The summed E-state index contributed by atoms with van der Waals surface area (Å²) in [4.78, 5) is 6.73. The molecule has 0 saturated carbocycles. The minimum absolute atomic E-state index is 0.480. The van der Waals surface area contributed by atoms with Crippen molar-refractivity contribution in [3.05, 3.63) is 24.0 Å². The van der Waals surface area contributed by atoms with Crippen LogP contribution in [-0.4, -0.2) is 31.3 Å². The maximum absolute atomic E-state index is 5.28. The Morgan fingerprint density at radius 2 is 2.06 bits per heavy atom. The summed E-state index contributed by atoms with van der Waals surface area (Å²) in [5.41, 5.74) is 3.07. The third-order valence-electron chi connectivity index (χ3n) is 3.65. The van der Waals surface area contributed by atoms with Crippen molar-refractivity contribution in [2.75, 3.05) is 31.2 Å². The Hall–Kier alpha value is -1.09. The molecule has 0 bridgehead atoms. The quantitative estimate of drug-likeness (QED) is 0.759. The van der Waals surface area contributed by atoms with Crippen molar-refractivity contribution in [2.24, 2.45) is 5.41 Å². The molecule has 2 aliphatic rings. The minimum Gasteiger partial charge on any atom is -0.380 e. The molecule has 3 nitrogen and oxygen atoms in total. The molecule has 0 aliphatic carbocycles. The highest BCUT2D eigenvalue weighted by Gasteiger charge is 2.49. The van der Waals surface area contributed by atoms with Gasteiger partial charge in [0.05, 0.1) is 30.5 Å². The van der Waals surface area contributed by atoms with E-state index in [9.17, 15) is 0 Å². The molecule has 0 aromatic carbocycles. The van der Waals surface area contributed by atoms with Crippen LogP contribution >= 0.6 is 0 Å². The second kappa shape index (κ2) is 3.45. The summed E-state index contributed by atoms with van der Waals surface area (Å²) >= 11 is 0. The van der Waals surface area contributed by atoms with E-state index in [2.05, 4.69) is 29.8 Å². The monoisotopic (exact) mass is 218 g/mol. The number of hydrogen-bond donors (Lipinski definition) is 0. The van der Waals surface area contributed by atoms with Crippen molar-refractivity contribution in [3.8, 4) is 0 Å². The molecule has 1 aromatic rings. The van der Waals surface area contributed by atoms with Gasteiger partial charge < -0.3 is 9.64 Å². The van der Waals surface area contributed by atoms with Crippen LogP contribution in [0.25, 0.3) is 0 Å². The molecule has 3 rings (SSSR count). The second-order valence-corrected chi connectivity index (χ2v) is 5.48. The van der Waals surface area contributed by atoms with Gasteiger partial charge in [-0.1, -0.05) is 13.8 Å². The Balaban J connectivity index is 1.73. The first-order valence-electron chi connectivity index (χ1n) is 5.96. The van der Waals surface area contributed by atoms with Crippen LogP contribution in [0.15, 0.2) is 18.5 Å². The van der Waals surface area contributed by atoms with Crippen LogP contribution < -0.4 is 4.90 Å². The predicted molar refractivity (Wildman–Crippen MR) is 63.8 cm³/mol. The molecule has 3 heterocycles. The first-order chi connectivity index (χ1) is 7.69. The topological polar surface area (TPSA) is 25.4 Å². The molecular weight excluding hydrogens is 200 g/mol. The number of hydrogen-bond acceptors (Lipinski definition) is 3. The van der Waals surface area contributed by atoms with Crippen molar-refractivity contribution < 1.29 is 4.74 Å². The van der Waals surface area contributed by atoms with E-state index < -0.39 is 0 Å². The number of nitrogens with zero attached hydrogens (tertiary/aromatic N) is 2. The van der Waals surface area contributed by atoms with Crippen molar-refractivity contribution in [3.63, 3.8) is 0 Å². The minimum atomic E-state index is 0.480. The summed E-state index contributed by atoms with van der Waals surface area (Å²) < 4.78 is 5.28. The largest absolute Gasteiger partial charge is 0.380 e. The molecular formula is C13H18N2O. The molecule has 0 atom stereocenters. The highest BCUT2D eigenvalue weighted by atomic mass is 16.5. The Labute approximate surface area is 96.4 Å². The van der Waals surface area contributed by atoms with Gasteiger partial charge in [0.1, 0.15) is 0 Å². The van der Waals surface area contributed by atoms with E-state index in [1.165, 1.54) is 11.3 Å². The summed E-state index contributed by atoms with van der Waals surface area (Å²) in [7, 11) is 0. The van der Waals surface area contributed by atoms with Crippen LogP contribution in [0, 0.1) is 5.41 Å². The third kappa shape index (κ3) is 1.50. The zero-order chi connectivity index (χ0) is 11.2. The van der Waals surface area contributed by atoms with E-state index in [1.54, 1.807) is 0 Å². The molecule has 2 aliphatic heterocycles. The van der Waals surface area contributed by atoms with Gasteiger partial charge in [0, 0.05) is 19.3 Å². The van der Waals surface area contributed by atoms with E-state index in [0.717, 1.165) is 26.3 Å². The van der Waals surface area contributed by atoms with Crippen molar-refractivity contribution >= 4 is 5.69 Å². The zero-order valence-corrected chi connectivity index (χ0v) is 9.94. The van der Waals surface area contributed by atoms with Crippen LogP contribution in [-0.2, 0) is 4.74 Å². The highest BCUT2D eigenvalue weighted by molar-refractivity contribution is 5.50. The number of pyridine rings is 1. The lowest BCUT2D eigenvalue weighted by molar-refractivity contribution is -0.127. The van der Waals surface area contributed by atoms with Gasteiger partial charge in [-0.05, 0) is 17.5 Å². The van der Waals surface area contributed by atoms with Gasteiger partial charge in [0.2, 0.25) is 0 Å². The summed E-state index contributed by atoms with van der Waals surface area (Å²) in [6, 6.07) is 2.27. The second-order valence-electron chi connectivity index (χ2n) is 5.48. The fourth-order valence-corrected chi connectivity index (χ4v) is 2.45. The van der Waals surface area contributed by atoms with Crippen LogP contribution in [0.2, 0.25) is 0 Å². The number of ether oxygens (including phenoxy) is 1. The standard InChI is InChI=1S/C13H18N2O/c1-10(2)11-3-12(5-14-4-11)15-6-13(7-15)8-16-9-13/h3-5,10H,6-9H2,1-2H3. The first-order valence-corrected chi connectivity index (χ1v) is 5.96. The lowest BCUT2D eigenvalue weighted by atomic mass is 9.78. The number of aromatic nitrogens is 1. The molecule has 0 radical (unpaired) electrons. The Morgan fingerprint density at radius 3 is 2.62 bits per heavy atom. The third-order valence-corrected chi connectivity index (χ3v) is 3.65. The van der Waals surface area contributed by atoms with Gasteiger partial charge in [-0.2, -0.15) is 0 Å². The average Bonchev–Trinajstić information content (AvgIpc) is 2.14. The predicted octanol–water partition coefficient (Wildman–Crippen LogP) is 2.04. The van der Waals surface area contributed by atoms with Crippen LogP contribution in [0.5, 0.6) is 0 Å². The van der Waals surface area contributed by atoms with Gasteiger partial charge in [-0.15, -0.1) is 0 Å². The fraction of sp³-hybridized carbons (Fsp3) is 0.615. The zero-order valence-electron chi connectivity index (χ0n) is 9.94. The summed E-state index contributed by atoms with van der Waals surface area (Å²) in [5.74, 6) is 0.551. The molecule has 86 valence electrons. The molecule has 2 fully saturated rings. The lowest BCUT2D eigenvalue weighted by Crippen LogP contribution is -2.66.